The second kappa shape index (κ2) is 3.84. The van der Waals surface area contributed by atoms with Gasteiger partial charge < -0.3 is 10.6 Å². The van der Waals surface area contributed by atoms with Gasteiger partial charge in [-0.05, 0) is 18.9 Å². The molecular formula is C10H12FN3O. The van der Waals surface area contributed by atoms with Gasteiger partial charge in [-0.2, -0.15) is 0 Å². The number of nitrogens with two attached hydrogens (primary N) is 1. The third kappa shape index (κ3) is 1.91. The van der Waals surface area contributed by atoms with Crippen LogP contribution in [0.5, 0.6) is 0 Å². The lowest BCUT2D eigenvalue weighted by Gasteiger charge is -2.15. The van der Waals surface area contributed by atoms with Crippen LogP contribution in [-0.4, -0.2) is 28.9 Å². The zero-order valence-electron chi connectivity index (χ0n) is 8.24. The van der Waals surface area contributed by atoms with Gasteiger partial charge in [0, 0.05) is 13.1 Å². The number of halogens is 1. The van der Waals surface area contributed by atoms with Gasteiger partial charge >= 0.3 is 0 Å². The van der Waals surface area contributed by atoms with Crippen molar-refractivity contribution >= 4 is 11.7 Å². The molecule has 1 aliphatic heterocycles. The first-order chi connectivity index (χ1) is 7.18. The van der Waals surface area contributed by atoms with Crippen LogP contribution in [0.2, 0.25) is 0 Å². The Labute approximate surface area is 86.9 Å². The summed E-state index contributed by atoms with van der Waals surface area (Å²) in [4.78, 5) is 17.2. The van der Waals surface area contributed by atoms with Gasteiger partial charge in [0.15, 0.2) is 0 Å². The SMILES string of the molecule is Nc1ncc(F)cc1C(=O)N1CCCC1. The normalized spacial score (nSPS) is 15.7. The summed E-state index contributed by atoms with van der Waals surface area (Å²) in [5, 5.41) is 0. The first-order valence-corrected chi connectivity index (χ1v) is 4.89. The van der Waals surface area contributed by atoms with Crippen LogP contribution in [-0.2, 0) is 0 Å². The minimum absolute atomic E-state index is 0.0910. The van der Waals surface area contributed by atoms with E-state index in [0.717, 1.165) is 38.2 Å². The highest BCUT2D eigenvalue weighted by atomic mass is 19.1. The van der Waals surface area contributed by atoms with E-state index in [0.29, 0.717) is 0 Å². The summed E-state index contributed by atoms with van der Waals surface area (Å²) in [5.41, 5.74) is 5.70. The number of hydrogen-bond donors (Lipinski definition) is 1. The van der Waals surface area contributed by atoms with Crippen molar-refractivity contribution < 1.29 is 9.18 Å². The highest BCUT2D eigenvalue weighted by Crippen LogP contribution is 2.16. The maximum Gasteiger partial charge on any atom is 0.257 e. The number of anilines is 1. The Kier molecular flexibility index (Phi) is 2.53. The molecule has 0 aliphatic carbocycles. The number of aromatic nitrogens is 1. The molecule has 0 spiro atoms. The van der Waals surface area contributed by atoms with Crippen LogP contribution in [0, 0.1) is 5.82 Å². The lowest BCUT2D eigenvalue weighted by Crippen LogP contribution is -2.28. The van der Waals surface area contributed by atoms with Crippen molar-refractivity contribution in [3.63, 3.8) is 0 Å². The lowest BCUT2D eigenvalue weighted by atomic mass is 10.2. The summed E-state index contributed by atoms with van der Waals surface area (Å²) in [7, 11) is 0. The number of amides is 1. The molecule has 0 atom stereocenters. The minimum atomic E-state index is -0.535. The van der Waals surface area contributed by atoms with Crippen molar-refractivity contribution in [1.82, 2.24) is 9.88 Å². The summed E-state index contributed by atoms with van der Waals surface area (Å²) in [6.45, 7) is 1.43. The van der Waals surface area contributed by atoms with Crippen LogP contribution in [0.4, 0.5) is 10.2 Å². The first kappa shape index (κ1) is 9.89. The zero-order chi connectivity index (χ0) is 10.8. The predicted octanol–water partition coefficient (Wildman–Crippen LogP) is 1.04. The van der Waals surface area contributed by atoms with Gasteiger partial charge in [-0.15, -0.1) is 0 Å². The molecule has 0 saturated carbocycles. The summed E-state index contributed by atoms with van der Waals surface area (Å²) in [6.07, 6.45) is 3.00. The largest absolute Gasteiger partial charge is 0.383 e. The molecule has 0 unspecified atom stereocenters. The van der Waals surface area contributed by atoms with Gasteiger partial charge in [0.25, 0.3) is 5.91 Å². The van der Waals surface area contributed by atoms with Crippen molar-refractivity contribution in [3.8, 4) is 0 Å². The molecular weight excluding hydrogens is 197 g/mol. The van der Waals surface area contributed by atoms with Crippen LogP contribution in [0.15, 0.2) is 12.3 Å². The summed E-state index contributed by atoms with van der Waals surface area (Å²) in [6, 6.07) is 1.14. The number of nitrogen functional groups attached to an aromatic ring is 1. The van der Waals surface area contributed by atoms with Gasteiger partial charge in [-0.1, -0.05) is 0 Å². The number of carbonyl (C=O) groups excluding carboxylic acids is 1. The Hall–Kier alpha value is -1.65. The molecule has 1 fully saturated rings. The summed E-state index contributed by atoms with van der Waals surface area (Å²) >= 11 is 0. The Balaban J connectivity index is 2.27. The number of pyridine rings is 1. The number of carbonyl (C=O) groups is 1. The highest BCUT2D eigenvalue weighted by Gasteiger charge is 2.22. The Morgan fingerprint density at radius 1 is 1.47 bits per heavy atom. The number of hydrogen-bond acceptors (Lipinski definition) is 3. The maximum absolute atomic E-state index is 12.9. The molecule has 2 heterocycles. The van der Waals surface area contributed by atoms with Gasteiger partial charge in [-0.3, -0.25) is 4.79 Å². The van der Waals surface area contributed by atoms with Crippen molar-refractivity contribution in [2.45, 2.75) is 12.8 Å². The molecule has 15 heavy (non-hydrogen) atoms. The fourth-order valence-electron chi connectivity index (χ4n) is 1.71. The molecule has 2 N–H and O–H groups in total. The molecule has 80 valence electrons. The van der Waals surface area contributed by atoms with E-state index in [4.69, 9.17) is 5.73 Å². The third-order valence-electron chi connectivity index (χ3n) is 2.51. The van der Waals surface area contributed by atoms with Crippen LogP contribution >= 0.6 is 0 Å². The average Bonchev–Trinajstić information content (AvgIpc) is 2.74. The van der Waals surface area contributed by atoms with E-state index in [1.165, 1.54) is 0 Å². The minimum Gasteiger partial charge on any atom is -0.383 e. The molecule has 1 saturated heterocycles. The van der Waals surface area contributed by atoms with Crippen LogP contribution in [0.3, 0.4) is 0 Å². The Morgan fingerprint density at radius 3 is 2.80 bits per heavy atom. The lowest BCUT2D eigenvalue weighted by molar-refractivity contribution is 0.0793. The van der Waals surface area contributed by atoms with E-state index in [1.807, 2.05) is 0 Å². The van der Waals surface area contributed by atoms with Crippen LogP contribution in [0.25, 0.3) is 0 Å². The van der Waals surface area contributed by atoms with Crippen molar-refractivity contribution in [2.75, 3.05) is 18.8 Å². The van der Waals surface area contributed by atoms with Crippen LogP contribution < -0.4 is 5.73 Å². The molecule has 0 bridgehead atoms. The quantitative estimate of drug-likeness (QED) is 0.751. The molecule has 1 aromatic heterocycles. The number of likely N-dealkylation sites (tertiary alicyclic amines) is 1. The predicted molar refractivity (Wildman–Crippen MR) is 53.7 cm³/mol. The van der Waals surface area contributed by atoms with Gasteiger partial charge in [0.2, 0.25) is 0 Å². The molecule has 5 heteroatoms. The average molecular weight is 209 g/mol. The maximum atomic E-state index is 12.9. The Bertz CT molecular complexity index is 388. The van der Waals surface area contributed by atoms with E-state index in [9.17, 15) is 9.18 Å². The van der Waals surface area contributed by atoms with E-state index in [1.54, 1.807) is 4.90 Å². The van der Waals surface area contributed by atoms with E-state index in [2.05, 4.69) is 4.98 Å². The molecule has 0 radical (unpaired) electrons. The van der Waals surface area contributed by atoms with E-state index >= 15 is 0 Å². The number of rotatable bonds is 1. The van der Waals surface area contributed by atoms with Gasteiger partial charge in [0.05, 0.1) is 11.8 Å². The Morgan fingerprint density at radius 2 is 2.13 bits per heavy atom. The van der Waals surface area contributed by atoms with E-state index < -0.39 is 5.82 Å². The first-order valence-electron chi connectivity index (χ1n) is 4.89. The third-order valence-corrected chi connectivity index (χ3v) is 2.51. The van der Waals surface area contributed by atoms with Crippen molar-refractivity contribution in [2.24, 2.45) is 0 Å². The molecule has 1 aromatic rings. The summed E-state index contributed by atoms with van der Waals surface area (Å²) < 4.78 is 12.9. The van der Waals surface area contributed by atoms with E-state index in [-0.39, 0.29) is 17.3 Å². The molecule has 0 aromatic carbocycles. The van der Waals surface area contributed by atoms with Crippen molar-refractivity contribution in [1.29, 1.82) is 0 Å². The van der Waals surface area contributed by atoms with Crippen molar-refractivity contribution in [3.05, 3.63) is 23.6 Å². The monoisotopic (exact) mass is 209 g/mol. The molecule has 1 amide bonds. The smallest absolute Gasteiger partial charge is 0.257 e. The fraction of sp³-hybridized carbons (Fsp3) is 0.400. The second-order valence-electron chi connectivity index (χ2n) is 3.59. The highest BCUT2D eigenvalue weighted by molar-refractivity contribution is 5.98. The fourth-order valence-corrected chi connectivity index (χ4v) is 1.71. The van der Waals surface area contributed by atoms with Gasteiger partial charge in [-0.25, -0.2) is 9.37 Å². The second-order valence-corrected chi connectivity index (χ2v) is 3.59. The zero-order valence-corrected chi connectivity index (χ0v) is 8.24. The molecule has 2 rings (SSSR count). The van der Waals surface area contributed by atoms with Gasteiger partial charge in [0.1, 0.15) is 11.6 Å². The van der Waals surface area contributed by atoms with Crippen LogP contribution in [0.1, 0.15) is 23.2 Å². The molecule has 1 aliphatic rings. The topological polar surface area (TPSA) is 59.2 Å². The molecule has 4 nitrogen and oxygen atoms in total. The summed E-state index contributed by atoms with van der Waals surface area (Å²) in [5.74, 6) is -0.669. The standard InChI is InChI=1S/C10H12FN3O/c11-7-5-8(9(12)13-6-7)10(15)14-3-1-2-4-14/h5-6H,1-4H2,(H2,12,13). The number of nitrogens with zero attached hydrogens (tertiary/aromatic N) is 2.